The van der Waals surface area contributed by atoms with E-state index in [0.29, 0.717) is 29.7 Å². The van der Waals surface area contributed by atoms with Gasteiger partial charge in [-0.1, -0.05) is 29.8 Å². The Morgan fingerprint density at radius 3 is 3.00 bits per heavy atom. The van der Waals surface area contributed by atoms with Crippen molar-refractivity contribution in [3.05, 3.63) is 52.8 Å². The van der Waals surface area contributed by atoms with E-state index in [1.165, 1.54) is 6.42 Å². The maximum Gasteiger partial charge on any atom is 0.254 e. The number of carbonyl (C=O) groups excluding carboxylic acids is 1. The van der Waals surface area contributed by atoms with Gasteiger partial charge in [0.1, 0.15) is 0 Å². The van der Waals surface area contributed by atoms with Gasteiger partial charge in [-0.2, -0.15) is 5.10 Å². The largest absolute Gasteiger partial charge is 0.350 e. The van der Waals surface area contributed by atoms with E-state index < -0.39 is 0 Å². The van der Waals surface area contributed by atoms with Gasteiger partial charge >= 0.3 is 0 Å². The molecule has 0 radical (unpaired) electrons. The molecule has 2 N–H and O–H groups in total. The molecule has 0 spiro atoms. The van der Waals surface area contributed by atoms with Gasteiger partial charge in [0.15, 0.2) is 0 Å². The van der Waals surface area contributed by atoms with E-state index in [-0.39, 0.29) is 18.3 Å². The zero-order valence-corrected chi connectivity index (χ0v) is 14.2. The van der Waals surface area contributed by atoms with Crippen molar-refractivity contribution >= 4 is 29.9 Å². The molecule has 1 amide bonds. The zero-order chi connectivity index (χ0) is 15.4. The van der Waals surface area contributed by atoms with Gasteiger partial charge in [0.05, 0.1) is 18.3 Å². The van der Waals surface area contributed by atoms with Gasteiger partial charge in [0.2, 0.25) is 0 Å². The molecule has 2 heterocycles. The second-order valence-corrected chi connectivity index (χ2v) is 5.93. The Bertz CT molecular complexity index is 653. The molecule has 5 nitrogen and oxygen atoms in total. The van der Waals surface area contributed by atoms with Crippen LogP contribution in [0.25, 0.3) is 0 Å². The quantitative estimate of drug-likeness (QED) is 0.867. The van der Waals surface area contributed by atoms with Crippen LogP contribution >= 0.6 is 24.0 Å². The summed E-state index contributed by atoms with van der Waals surface area (Å²) in [6.45, 7) is 2.25. The number of carbonyl (C=O) groups is 1. The molecule has 7 heteroatoms. The first-order chi connectivity index (χ1) is 10.7. The van der Waals surface area contributed by atoms with Gasteiger partial charge in [-0.25, -0.2) is 0 Å². The third-order valence-corrected chi connectivity index (χ3v) is 4.23. The molecular formula is C16H20Cl2N4O. The first kappa shape index (κ1) is 17.8. The molecule has 0 saturated carbocycles. The van der Waals surface area contributed by atoms with Gasteiger partial charge in [-0.05, 0) is 31.0 Å². The molecular weight excluding hydrogens is 335 g/mol. The lowest BCUT2D eigenvalue weighted by Gasteiger charge is -2.10. The summed E-state index contributed by atoms with van der Waals surface area (Å²) >= 11 is 6.14. The van der Waals surface area contributed by atoms with Crippen LogP contribution in [0.4, 0.5) is 0 Å². The molecule has 23 heavy (non-hydrogen) atoms. The highest BCUT2D eigenvalue weighted by molar-refractivity contribution is 6.31. The lowest BCUT2D eigenvalue weighted by atomic mass is 10.2. The highest BCUT2D eigenvalue weighted by Gasteiger charge is 2.16. The third kappa shape index (κ3) is 4.70. The van der Waals surface area contributed by atoms with Crippen LogP contribution in [0.3, 0.4) is 0 Å². The van der Waals surface area contributed by atoms with E-state index in [0.717, 1.165) is 18.5 Å². The summed E-state index contributed by atoms with van der Waals surface area (Å²) in [5, 5.41) is 11.2. The Kier molecular flexibility index (Phi) is 6.45. The third-order valence-electron chi connectivity index (χ3n) is 3.86. The van der Waals surface area contributed by atoms with Crippen LogP contribution in [0, 0.1) is 0 Å². The molecule has 0 aliphatic carbocycles. The van der Waals surface area contributed by atoms with Crippen molar-refractivity contribution in [2.24, 2.45) is 0 Å². The van der Waals surface area contributed by atoms with E-state index in [1.807, 2.05) is 24.3 Å². The Hall–Kier alpha value is -1.56. The molecule has 1 aliphatic heterocycles. The van der Waals surface area contributed by atoms with Crippen LogP contribution in [-0.2, 0) is 6.54 Å². The Labute approximate surface area is 146 Å². The van der Waals surface area contributed by atoms with Gasteiger partial charge in [0.25, 0.3) is 5.91 Å². The summed E-state index contributed by atoms with van der Waals surface area (Å²) in [4.78, 5) is 12.1. The van der Waals surface area contributed by atoms with Crippen LogP contribution in [-0.4, -0.2) is 34.8 Å². The second-order valence-electron chi connectivity index (χ2n) is 5.52. The van der Waals surface area contributed by atoms with Gasteiger partial charge in [-0.15, -0.1) is 12.4 Å². The van der Waals surface area contributed by atoms with E-state index in [1.54, 1.807) is 17.1 Å². The Morgan fingerprint density at radius 1 is 1.43 bits per heavy atom. The lowest BCUT2D eigenvalue weighted by molar-refractivity contribution is 0.0950. The summed E-state index contributed by atoms with van der Waals surface area (Å²) in [6, 6.07) is 8.03. The molecule has 1 aromatic carbocycles. The fourth-order valence-corrected chi connectivity index (χ4v) is 2.81. The predicted molar refractivity (Wildman–Crippen MR) is 93.4 cm³/mol. The lowest BCUT2D eigenvalue weighted by Crippen LogP contribution is -2.37. The fraction of sp³-hybridized carbons (Fsp3) is 0.375. The zero-order valence-electron chi connectivity index (χ0n) is 12.7. The Morgan fingerprint density at radius 2 is 2.26 bits per heavy atom. The number of nitrogens with one attached hydrogen (secondary N) is 2. The molecule has 1 fully saturated rings. The summed E-state index contributed by atoms with van der Waals surface area (Å²) in [5.74, 6) is -0.0842. The van der Waals surface area contributed by atoms with Crippen LogP contribution in [0.1, 0.15) is 28.8 Å². The molecule has 0 bridgehead atoms. The van der Waals surface area contributed by atoms with Crippen LogP contribution < -0.4 is 10.6 Å². The topological polar surface area (TPSA) is 59.0 Å². The maximum absolute atomic E-state index is 12.1. The average Bonchev–Trinajstić information content (AvgIpc) is 3.19. The summed E-state index contributed by atoms with van der Waals surface area (Å²) in [5.41, 5.74) is 1.56. The number of aromatic nitrogens is 2. The highest BCUT2D eigenvalue weighted by Crippen LogP contribution is 2.16. The smallest absolute Gasteiger partial charge is 0.254 e. The first-order valence-electron chi connectivity index (χ1n) is 7.50. The van der Waals surface area contributed by atoms with Crippen molar-refractivity contribution in [2.45, 2.75) is 25.4 Å². The highest BCUT2D eigenvalue weighted by atomic mass is 35.5. The van der Waals surface area contributed by atoms with Crippen molar-refractivity contribution in [1.29, 1.82) is 0 Å². The second kappa shape index (κ2) is 8.34. The van der Waals surface area contributed by atoms with Crippen molar-refractivity contribution in [3.63, 3.8) is 0 Å². The van der Waals surface area contributed by atoms with E-state index in [2.05, 4.69) is 15.7 Å². The monoisotopic (exact) mass is 354 g/mol. The molecule has 2 aromatic rings. The van der Waals surface area contributed by atoms with Crippen LogP contribution in [0.2, 0.25) is 5.02 Å². The normalized spacial score (nSPS) is 16.8. The average molecular weight is 355 g/mol. The predicted octanol–water partition coefficient (Wildman–Crippen LogP) is 2.49. The molecule has 1 aliphatic rings. The number of nitrogens with zero attached hydrogens (tertiary/aromatic N) is 2. The number of amides is 1. The van der Waals surface area contributed by atoms with Crippen molar-refractivity contribution in [1.82, 2.24) is 20.4 Å². The standard InChI is InChI=1S/C16H19ClN4O.ClH/c17-15-6-2-1-4-12(15)10-21-11-13(8-20-21)16(22)19-9-14-5-3-7-18-14;/h1-2,4,6,8,11,14,18H,3,5,7,9-10H2,(H,19,22);1H. The van der Waals surface area contributed by atoms with Gasteiger partial charge in [-0.3, -0.25) is 9.48 Å². The molecule has 1 saturated heterocycles. The number of benzene rings is 1. The minimum absolute atomic E-state index is 0. The molecule has 1 atom stereocenters. The van der Waals surface area contributed by atoms with Gasteiger partial charge in [0, 0.05) is 23.8 Å². The minimum atomic E-state index is -0.0842. The van der Waals surface area contributed by atoms with Crippen molar-refractivity contribution in [2.75, 3.05) is 13.1 Å². The molecule has 124 valence electrons. The Balaban J connectivity index is 0.00000192. The molecule has 1 unspecified atom stereocenters. The number of halogens is 2. The van der Waals surface area contributed by atoms with Crippen molar-refractivity contribution < 1.29 is 4.79 Å². The summed E-state index contributed by atoms with van der Waals surface area (Å²) < 4.78 is 1.73. The van der Waals surface area contributed by atoms with E-state index >= 15 is 0 Å². The first-order valence-corrected chi connectivity index (χ1v) is 7.87. The van der Waals surface area contributed by atoms with Gasteiger partial charge < -0.3 is 10.6 Å². The van der Waals surface area contributed by atoms with E-state index in [9.17, 15) is 4.79 Å². The van der Waals surface area contributed by atoms with E-state index in [4.69, 9.17) is 11.6 Å². The number of hydrogen-bond donors (Lipinski definition) is 2. The number of hydrogen-bond acceptors (Lipinski definition) is 3. The molecule has 3 rings (SSSR count). The van der Waals surface area contributed by atoms with Crippen molar-refractivity contribution in [3.8, 4) is 0 Å². The minimum Gasteiger partial charge on any atom is -0.350 e. The van der Waals surface area contributed by atoms with Crippen LogP contribution in [0.5, 0.6) is 0 Å². The SMILES string of the molecule is Cl.O=C(NCC1CCCN1)c1cnn(Cc2ccccc2Cl)c1. The number of rotatable bonds is 5. The summed E-state index contributed by atoms with van der Waals surface area (Å²) in [6.07, 6.45) is 5.64. The maximum atomic E-state index is 12.1. The van der Waals surface area contributed by atoms with Crippen LogP contribution in [0.15, 0.2) is 36.7 Å². The fourth-order valence-electron chi connectivity index (χ4n) is 2.62. The molecule has 1 aromatic heterocycles. The summed E-state index contributed by atoms with van der Waals surface area (Å²) in [7, 11) is 0.